The highest BCUT2D eigenvalue weighted by molar-refractivity contribution is 5.76. The first kappa shape index (κ1) is 10.5. The van der Waals surface area contributed by atoms with Crippen molar-refractivity contribution in [1.29, 1.82) is 0 Å². The first-order chi connectivity index (χ1) is 6.14. The van der Waals surface area contributed by atoms with Crippen LogP contribution in [0.4, 0.5) is 0 Å². The lowest BCUT2D eigenvalue weighted by molar-refractivity contribution is -0.156. The summed E-state index contributed by atoms with van der Waals surface area (Å²) in [6.45, 7) is 4.08. The second-order valence-electron chi connectivity index (χ2n) is 3.93. The molecule has 0 atom stereocenters. The highest BCUT2D eigenvalue weighted by atomic mass is 16.5. The Balaban J connectivity index is 2.65. The second kappa shape index (κ2) is 4.09. The van der Waals surface area contributed by atoms with Gasteiger partial charge in [-0.05, 0) is 39.4 Å². The van der Waals surface area contributed by atoms with E-state index >= 15 is 0 Å². The molecule has 0 unspecified atom stereocenters. The Morgan fingerprint density at radius 1 is 1.46 bits per heavy atom. The minimum absolute atomic E-state index is 0.0249. The summed E-state index contributed by atoms with van der Waals surface area (Å²) in [6, 6.07) is 0. The number of hydrogen-bond donors (Lipinski definition) is 0. The molecule has 13 heavy (non-hydrogen) atoms. The number of nitrogens with zero attached hydrogens (tertiary/aromatic N) is 1. The highest BCUT2D eigenvalue weighted by Gasteiger charge is 2.39. The van der Waals surface area contributed by atoms with Gasteiger partial charge in [0.25, 0.3) is 0 Å². The molecular formula is C10H19NO2. The van der Waals surface area contributed by atoms with Crippen LogP contribution in [0, 0.1) is 5.41 Å². The maximum atomic E-state index is 11.6. The van der Waals surface area contributed by atoms with Crippen LogP contribution >= 0.6 is 0 Å². The largest absolute Gasteiger partial charge is 0.469 e. The van der Waals surface area contributed by atoms with E-state index in [1.807, 2.05) is 0 Å². The molecule has 0 radical (unpaired) electrons. The Labute approximate surface area is 80.1 Å². The van der Waals surface area contributed by atoms with E-state index in [9.17, 15) is 4.79 Å². The molecule has 0 aromatic carbocycles. The average Bonchev–Trinajstić information content (AvgIpc) is 2.18. The third kappa shape index (κ3) is 2.02. The van der Waals surface area contributed by atoms with Gasteiger partial charge in [0.15, 0.2) is 0 Å². The SMILES string of the molecule is CCC1(C(=O)OC)CCN(C)CC1. The van der Waals surface area contributed by atoms with Crippen LogP contribution < -0.4 is 0 Å². The van der Waals surface area contributed by atoms with Crippen LogP contribution in [0.5, 0.6) is 0 Å². The molecular weight excluding hydrogens is 166 g/mol. The quantitative estimate of drug-likeness (QED) is 0.607. The molecule has 0 N–H and O–H groups in total. The molecule has 76 valence electrons. The lowest BCUT2D eigenvalue weighted by Gasteiger charge is -2.37. The van der Waals surface area contributed by atoms with Crippen molar-refractivity contribution in [2.75, 3.05) is 27.2 Å². The molecule has 0 bridgehead atoms. The number of likely N-dealkylation sites (tertiary alicyclic amines) is 1. The first-order valence-corrected chi connectivity index (χ1v) is 4.91. The lowest BCUT2D eigenvalue weighted by Crippen LogP contribution is -2.43. The minimum atomic E-state index is -0.193. The van der Waals surface area contributed by atoms with Crippen molar-refractivity contribution in [3.05, 3.63) is 0 Å². The van der Waals surface area contributed by atoms with Gasteiger partial charge in [-0.2, -0.15) is 0 Å². The molecule has 1 saturated heterocycles. The Morgan fingerprint density at radius 2 is 2.00 bits per heavy atom. The first-order valence-electron chi connectivity index (χ1n) is 4.91. The predicted octanol–water partition coefficient (Wildman–Crippen LogP) is 1.28. The van der Waals surface area contributed by atoms with Crippen LogP contribution in [0.3, 0.4) is 0 Å². The molecule has 1 aliphatic heterocycles. The summed E-state index contributed by atoms with van der Waals surface area (Å²) in [4.78, 5) is 13.8. The van der Waals surface area contributed by atoms with Gasteiger partial charge in [0.2, 0.25) is 0 Å². The smallest absolute Gasteiger partial charge is 0.311 e. The van der Waals surface area contributed by atoms with Crippen molar-refractivity contribution < 1.29 is 9.53 Å². The van der Waals surface area contributed by atoms with Crippen molar-refractivity contribution in [3.8, 4) is 0 Å². The average molecular weight is 185 g/mol. The van der Waals surface area contributed by atoms with Gasteiger partial charge in [0, 0.05) is 0 Å². The fraction of sp³-hybridized carbons (Fsp3) is 0.900. The Morgan fingerprint density at radius 3 is 2.38 bits per heavy atom. The van der Waals surface area contributed by atoms with Crippen LogP contribution in [0.1, 0.15) is 26.2 Å². The number of piperidine rings is 1. The summed E-state index contributed by atoms with van der Waals surface area (Å²) in [7, 11) is 3.58. The predicted molar refractivity (Wildman–Crippen MR) is 51.5 cm³/mol. The Hall–Kier alpha value is -0.570. The van der Waals surface area contributed by atoms with Crippen LogP contribution in [0.2, 0.25) is 0 Å². The van der Waals surface area contributed by atoms with E-state index in [0.717, 1.165) is 32.4 Å². The summed E-state index contributed by atoms with van der Waals surface area (Å²) in [5.41, 5.74) is -0.193. The van der Waals surface area contributed by atoms with Gasteiger partial charge in [-0.25, -0.2) is 0 Å². The van der Waals surface area contributed by atoms with E-state index in [4.69, 9.17) is 4.74 Å². The number of carbonyl (C=O) groups excluding carboxylic acids is 1. The molecule has 0 saturated carbocycles. The second-order valence-corrected chi connectivity index (χ2v) is 3.93. The van der Waals surface area contributed by atoms with Gasteiger partial charge in [0.1, 0.15) is 0 Å². The zero-order chi connectivity index (χ0) is 9.90. The van der Waals surface area contributed by atoms with Gasteiger partial charge in [-0.3, -0.25) is 4.79 Å². The number of esters is 1. The number of ether oxygens (including phenoxy) is 1. The van der Waals surface area contributed by atoms with Crippen LogP contribution in [-0.4, -0.2) is 38.1 Å². The third-order valence-electron chi connectivity index (χ3n) is 3.24. The summed E-state index contributed by atoms with van der Waals surface area (Å²) < 4.78 is 4.86. The number of methoxy groups -OCH3 is 1. The monoisotopic (exact) mass is 185 g/mol. The molecule has 0 aromatic heterocycles. The lowest BCUT2D eigenvalue weighted by atomic mass is 9.76. The maximum absolute atomic E-state index is 11.6. The van der Waals surface area contributed by atoms with Crippen molar-refractivity contribution in [2.45, 2.75) is 26.2 Å². The molecule has 0 aromatic rings. The van der Waals surface area contributed by atoms with E-state index in [1.165, 1.54) is 7.11 Å². The van der Waals surface area contributed by atoms with Crippen molar-refractivity contribution in [3.63, 3.8) is 0 Å². The van der Waals surface area contributed by atoms with Crippen LogP contribution in [0.15, 0.2) is 0 Å². The van der Waals surface area contributed by atoms with Gasteiger partial charge < -0.3 is 9.64 Å². The van der Waals surface area contributed by atoms with E-state index in [0.29, 0.717) is 0 Å². The van der Waals surface area contributed by atoms with Gasteiger partial charge in [-0.1, -0.05) is 6.92 Å². The summed E-state index contributed by atoms with van der Waals surface area (Å²) in [5, 5.41) is 0. The van der Waals surface area contributed by atoms with Crippen molar-refractivity contribution in [2.24, 2.45) is 5.41 Å². The summed E-state index contributed by atoms with van der Waals surface area (Å²) in [6.07, 6.45) is 2.77. The van der Waals surface area contributed by atoms with E-state index in [2.05, 4.69) is 18.9 Å². The molecule has 3 heteroatoms. The molecule has 0 spiro atoms. The molecule has 0 aliphatic carbocycles. The molecule has 0 amide bonds. The Bertz CT molecular complexity index is 183. The number of rotatable bonds is 2. The van der Waals surface area contributed by atoms with Gasteiger partial charge >= 0.3 is 5.97 Å². The normalized spacial score (nSPS) is 22.7. The van der Waals surface area contributed by atoms with Crippen molar-refractivity contribution >= 4 is 5.97 Å². The molecule has 3 nitrogen and oxygen atoms in total. The molecule has 1 aliphatic rings. The van der Waals surface area contributed by atoms with E-state index in [1.54, 1.807) is 0 Å². The van der Waals surface area contributed by atoms with E-state index < -0.39 is 0 Å². The third-order valence-corrected chi connectivity index (χ3v) is 3.24. The van der Waals surface area contributed by atoms with E-state index in [-0.39, 0.29) is 11.4 Å². The number of carbonyl (C=O) groups is 1. The standard InChI is InChI=1S/C10H19NO2/c1-4-10(9(12)13-3)5-7-11(2)8-6-10/h4-8H2,1-3H3. The zero-order valence-electron chi connectivity index (χ0n) is 8.80. The maximum Gasteiger partial charge on any atom is 0.311 e. The summed E-state index contributed by atoms with van der Waals surface area (Å²) >= 11 is 0. The molecule has 1 rings (SSSR count). The van der Waals surface area contributed by atoms with Crippen molar-refractivity contribution in [1.82, 2.24) is 4.90 Å². The fourth-order valence-corrected chi connectivity index (χ4v) is 1.97. The zero-order valence-corrected chi connectivity index (χ0v) is 8.80. The topological polar surface area (TPSA) is 29.5 Å². The minimum Gasteiger partial charge on any atom is -0.469 e. The highest BCUT2D eigenvalue weighted by Crippen LogP contribution is 2.35. The molecule has 1 heterocycles. The summed E-state index contributed by atoms with van der Waals surface area (Å²) in [5.74, 6) is -0.0249. The fourth-order valence-electron chi connectivity index (χ4n) is 1.97. The molecule has 1 fully saturated rings. The van der Waals surface area contributed by atoms with Crippen LogP contribution in [0.25, 0.3) is 0 Å². The van der Waals surface area contributed by atoms with Gasteiger partial charge in [-0.15, -0.1) is 0 Å². The van der Waals surface area contributed by atoms with Gasteiger partial charge in [0.05, 0.1) is 12.5 Å². The Kier molecular flexibility index (Phi) is 3.31. The van der Waals surface area contributed by atoms with Crippen LogP contribution in [-0.2, 0) is 9.53 Å². The number of hydrogen-bond acceptors (Lipinski definition) is 3.